The van der Waals surface area contributed by atoms with Gasteiger partial charge in [-0.3, -0.25) is 0 Å². The van der Waals surface area contributed by atoms with Gasteiger partial charge >= 0.3 is 0 Å². The van der Waals surface area contributed by atoms with E-state index in [1.54, 1.807) is 0 Å². The van der Waals surface area contributed by atoms with E-state index < -0.39 is 6.10 Å². The average Bonchev–Trinajstić information content (AvgIpc) is 2.43. The Kier molecular flexibility index (Phi) is 5.03. The monoisotopic (exact) mass is 284 g/mol. The van der Waals surface area contributed by atoms with Crippen molar-refractivity contribution in [3.05, 3.63) is 64.2 Å². The second kappa shape index (κ2) is 6.77. The zero-order valence-corrected chi connectivity index (χ0v) is 13.3. The molecule has 0 aliphatic heterocycles. The quantitative estimate of drug-likeness (QED) is 0.880. The van der Waals surface area contributed by atoms with E-state index in [0.717, 1.165) is 16.9 Å². The molecule has 0 heterocycles. The average molecular weight is 284 g/mol. The SMILES string of the molecule is Cc1cccc(OCCC(O)c2cc(C)c(C)cc2C)c1. The lowest BCUT2D eigenvalue weighted by atomic mass is 9.96. The molecule has 21 heavy (non-hydrogen) atoms. The highest BCUT2D eigenvalue weighted by Crippen LogP contribution is 2.24. The minimum atomic E-state index is -0.478. The third kappa shape index (κ3) is 4.08. The summed E-state index contributed by atoms with van der Waals surface area (Å²) in [5.41, 5.74) is 5.80. The fourth-order valence-electron chi connectivity index (χ4n) is 2.49. The van der Waals surface area contributed by atoms with Gasteiger partial charge in [0.05, 0.1) is 12.7 Å². The van der Waals surface area contributed by atoms with Crippen LogP contribution in [0.2, 0.25) is 0 Å². The molecule has 2 rings (SSSR count). The highest BCUT2D eigenvalue weighted by Gasteiger charge is 2.12. The summed E-state index contributed by atoms with van der Waals surface area (Å²) < 4.78 is 5.71. The maximum Gasteiger partial charge on any atom is 0.119 e. The number of benzene rings is 2. The molecule has 1 unspecified atom stereocenters. The third-order valence-corrected chi connectivity index (χ3v) is 3.89. The maximum atomic E-state index is 10.4. The van der Waals surface area contributed by atoms with E-state index in [4.69, 9.17) is 4.74 Å². The van der Waals surface area contributed by atoms with Crippen molar-refractivity contribution in [1.29, 1.82) is 0 Å². The fraction of sp³-hybridized carbons (Fsp3) is 0.368. The summed E-state index contributed by atoms with van der Waals surface area (Å²) in [5, 5.41) is 10.4. The summed E-state index contributed by atoms with van der Waals surface area (Å²) in [6, 6.07) is 12.2. The van der Waals surface area contributed by atoms with Gasteiger partial charge < -0.3 is 9.84 Å². The molecule has 2 aromatic carbocycles. The first kappa shape index (κ1) is 15.6. The highest BCUT2D eigenvalue weighted by atomic mass is 16.5. The number of aliphatic hydroxyl groups is 1. The van der Waals surface area contributed by atoms with Crippen LogP contribution in [0.15, 0.2) is 36.4 Å². The summed E-state index contributed by atoms with van der Waals surface area (Å²) in [7, 11) is 0. The first-order chi connectivity index (χ1) is 9.97. The summed E-state index contributed by atoms with van der Waals surface area (Å²) in [4.78, 5) is 0. The van der Waals surface area contributed by atoms with Crippen LogP contribution in [0.4, 0.5) is 0 Å². The van der Waals surface area contributed by atoms with Crippen LogP contribution in [0.25, 0.3) is 0 Å². The van der Waals surface area contributed by atoms with Gasteiger partial charge in [-0.15, -0.1) is 0 Å². The number of hydrogen-bond donors (Lipinski definition) is 1. The van der Waals surface area contributed by atoms with Crippen molar-refractivity contribution in [1.82, 2.24) is 0 Å². The normalized spacial score (nSPS) is 12.2. The predicted molar refractivity (Wildman–Crippen MR) is 86.9 cm³/mol. The van der Waals surface area contributed by atoms with E-state index in [1.165, 1.54) is 16.7 Å². The molecular formula is C19H24O2. The van der Waals surface area contributed by atoms with Crippen molar-refractivity contribution in [3.63, 3.8) is 0 Å². The Hall–Kier alpha value is -1.80. The summed E-state index contributed by atoms with van der Waals surface area (Å²) in [6.45, 7) is 8.77. The molecule has 0 amide bonds. The van der Waals surface area contributed by atoms with Crippen molar-refractivity contribution < 1.29 is 9.84 Å². The van der Waals surface area contributed by atoms with Gasteiger partial charge in [-0.25, -0.2) is 0 Å². The van der Waals surface area contributed by atoms with Gasteiger partial charge in [0.2, 0.25) is 0 Å². The largest absolute Gasteiger partial charge is 0.493 e. The molecule has 0 radical (unpaired) electrons. The van der Waals surface area contributed by atoms with Crippen molar-refractivity contribution in [2.24, 2.45) is 0 Å². The van der Waals surface area contributed by atoms with Crippen LogP contribution in [0.5, 0.6) is 5.75 Å². The Balaban J connectivity index is 1.96. The molecule has 0 spiro atoms. The minimum absolute atomic E-state index is 0.478. The standard InChI is InChI=1S/C19H24O2/c1-13-6-5-7-17(10-13)21-9-8-19(20)18-12-15(3)14(2)11-16(18)4/h5-7,10-12,19-20H,8-9H2,1-4H3. The zero-order chi connectivity index (χ0) is 15.4. The molecule has 0 aliphatic rings. The van der Waals surface area contributed by atoms with Crippen molar-refractivity contribution >= 4 is 0 Å². The molecular weight excluding hydrogens is 260 g/mol. The van der Waals surface area contributed by atoms with Gasteiger partial charge in [0, 0.05) is 6.42 Å². The molecule has 112 valence electrons. The summed E-state index contributed by atoms with van der Waals surface area (Å²) >= 11 is 0. The Bertz CT molecular complexity index is 617. The third-order valence-electron chi connectivity index (χ3n) is 3.89. The number of rotatable bonds is 5. The van der Waals surface area contributed by atoms with E-state index in [1.807, 2.05) is 38.1 Å². The number of hydrogen-bond acceptors (Lipinski definition) is 2. The Labute approximate surface area is 127 Å². The second-order valence-corrected chi connectivity index (χ2v) is 5.76. The molecule has 0 saturated carbocycles. The van der Waals surface area contributed by atoms with Crippen LogP contribution in [0.3, 0.4) is 0 Å². The van der Waals surface area contributed by atoms with E-state index in [-0.39, 0.29) is 0 Å². The number of ether oxygens (including phenoxy) is 1. The molecule has 2 nitrogen and oxygen atoms in total. The molecule has 0 aromatic heterocycles. The first-order valence-electron chi connectivity index (χ1n) is 7.42. The Morgan fingerprint density at radius 3 is 2.38 bits per heavy atom. The smallest absolute Gasteiger partial charge is 0.119 e. The Morgan fingerprint density at radius 2 is 1.67 bits per heavy atom. The molecule has 1 N–H and O–H groups in total. The second-order valence-electron chi connectivity index (χ2n) is 5.76. The maximum absolute atomic E-state index is 10.4. The van der Waals surface area contributed by atoms with Crippen LogP contribution in [0, 0.1) is 27.7 Å². The van der Waals surface area contributed by atoms with E-state index in [2.05, 4.69) is 26.0 Å². The lowest BCUT2D eigenvalue weighted by Crippen LogP contribution is -2.07. The van der Waals surface area contributed by atoms with E-state index in [0.29, 0.717) is 13.0 Å². The van der Waals surface area contributed by atoms with Crippen LogP contribution in [-0.2, 0) is 0 Å². The first-order valence-corrected chi connectivity index (χ1v) is 7.42. The predicted octanol–water partition coefficient (Wildman–Crippen LogP) is 4.42. The Morgan fingerprint density at radius 1 is 0.952 bits per heavy atom. The van der Waals surface area contributed by atoms with Gasteiger partial charge in [0.25, 0.3) is 0 Å². The van der Waals surface area contributed by atoms with Gasteiger partial charge in [0.15, 0.2) is 0 Å². The molecule has 0 saturated heterocycles. The zero-order valence-electron chi connectivity index (χ0n) is 13.3. The lowest BCUT2D eigenvalue weighted by Gasteiger charge is -2.16. The topological polar surface area (TPSA) is 29.5 Å². The van der Waals surface area contributed by atoms with Gasteiger partial charge in [-0.2, -0.15) is 0 Å². The van der Waals surface area contributed by atoms with Crippen molar-refractivity contribution in [2.75, 3.05) is 6.61 Å². The highest BCUT2D eigenvalue weighted by molar-refractivity contribution is 5.37. The van der Waals surface area contributed by atoms with Crippen LogP contribution in [0.1, 0.15) is 40.3 Å². The molecule has 2 aromatic rings. The molecule has 0 aliphatic carbocycles. The van der Waals surface area contributed by atoms with Crippen molar-refractivity contribution in [3.8, 4) is 5.75 Å². The number of aliphatic hydroxyl groups excluding tert-OH is 1. The van der Waals surface area contributed by atoms with Crippen LogP contribution >= 0.6 is 0 Å². The van der Waals surface area contributed by atoms with Gasteiger partial charge in [-0.1, -0.05) is 24.3 Å². The molecule has 0 bridgehead atoms. The van der Waals surface area contributed by atoms with Crippen molar-refractivity contribution in [2.45, 2.75) is 40.2 Å². The fourth-order valence-corrected chi connectivity index (χ4v) is 2.49. The summed E-state index contributed by atoms with van der Waals surface area (Å²) in [6.07, 6.45) is 0.117. The van der Waals surface area contributed by atoms with Crippen LogP contribution in [-0.4, -0.2) is 11.7 Å². The van der Waals surface area contributed by atoms with E-state index >= 15 is 0 Å². The minimum Gasteiger partial charge on any atom is -0.493 e. The molecule has 1 atom stereocenters. The molecule has 2 heteroatoms. The van der Waals surface area contributed by atoms with Crippen LogP contribution < -0.4 is 4.74 Å². The number of aryl methyl sites for hydroxylation is 4. The molecule has 0 fully saturated rings. The van der Waals surface area contributed by atoms with Gasteiger partial charge in [0.1, 0.15) is 5.75 Å². The van der Waals surface area contributed by atoms with E-state index in [9.17, 15) is 5.11 Å². The summed E-state index contributed by atoms with van der Waals surface area (Å²) in [5.74, 6) is 0.860. The van der Waals surface area contributed by atoms with Gasteiger partial charge in [-0.05, 0) is 67.6 Å². The lowest BCUT2D eigenvalue weighted by molar-refractivity contribution is 0.140.